The summed E-state index contributed by atoms with van der Waals surface area (Å²) in [5.41, 5.74) is 1.02. The highest BCUT2D eigenvalue weighted by molar-refractivity contribution is 9.11. The molecule has 6 heteroatoms. The van der Waals surface area contributed by atoms with Gasteiger partial charge >= 0.3 is 0 Å². The Kier molecular flexibility index (Phi) is 4.92. The van der Waals surface area contributed by atoms with E-state index in [9.17, 15) is 4.79 Å². The van der Waals surface area contributed by atoms with E-state index in [-0.39, 0.29) is 17.9 Å². The summed E-state index contributed by atoms with van der Waals surface area (Å²) in [4.78, 5) is 13.2. The van der Waals surface area contributed by atoms with Gasteiger partial charge in [0.1, 0.15) is 13.2 Å². The van der Waals surface area contributed by atoms with Gasteiger partial charge in [-0.15, -0.1) is 11.3 Å². The molecule has 1 aliphatic heterocycles. The van der Waals surface area contributed by atoms with Gasteiger partial charge < -0.3 is 14.8 Å². The van der Waals surface area contributed by atoms with Crippen molar-refractivity contribution in [2.24, 2.45) is 5.92 Å². The molecule has 0 fully saturated rings. The molecule has 1 atom stereocenters. The Morgan fingerprint density at radius 3 is 2.57 bits per heavy atom. The Bertz CT molecular complexity index is 714. The third-order valence-corrected chi connectivity index (χ3v) is 5.30. The second-order valence-electron chi connectivity index (χ2n) is 5.70. The van der Waals surface area contributed by atoms with Crippen LogP contribution in [0.25, 0.3) is 0 Å². The normalized spacial score (nSPS) is 14.6. The fourth-order valence-electron chi connectivity index (χ4n) is 2.54. The number of fused-ring (bicyclic) bond motifs is 1. The lowest BCUT2D eigenvalue weighted by atomic mass is 9.95. The van der Waals surface area contributed by atoms with Crippen LogP contribution in [0, 0.1) is 5.92 Å². The van der Waals surface area contributed by atoms with Crippen molar-refractivity contribution in [3.05, 3.63) is 44.6 Å². The minimum Gasteiger partial charge on any atom is -0.486 e. The number of rotatable bonds is 4. The summed E-state index contributed by atoms with van der Waals surface area (Å²) < 4.78 is 12.1. The molecular weight excluding hydrogens is 378 g/mol. The van der Waals surface area contributed by atoms with Crippen LogP contribution in [-0.4, -0.2) is 19.1 Å². The molecule has 1 aliphatic rings. The third-order valence-electron chi connectivity index (χ3n) is 3.68. The van der Waals surface area contributed by atoms with Crippen LogP contribution in [0.5, 0.6) is 11.5 Å². The van der Waals surface area contributed by atoms with E-state index in [0.717, 1.165) is 20.8 Å². The fourth-order valence-corrected chi connectivity index (χ4v) is 3.83. The molecule has 122 valence electrons. The lowest BCUT2D eigenvalue weighted by Crippen LogP contribution is -2.31. The number of thiophene rings is 1. The molecule has 0 saturated heterocycles. The molecule has 1 amide bonds. The Morgan fingerprint density at radius 1 is 1.17 bits per heavy atom. The predicted octanol–water partition coefficient (Wildman–Crippen LogP) is 4.41. The molecule has 0 aliphatic carbocycles. The van der Waals surface area contributed by atoms with Gasteiger partial charge in [-0.3, -0.25) is 4.79 Å². The van der Waals surface area contributed by atoms with Gasteiger partial charge in [0.15, 0.2) is 11.5 Å². The summed E-state index contributed by atoms with van der Waals surface area (Å²) in [6, 6.07) is 9.48. The summed E-state index contributed by atoms with van der Waals surface area (Å²) in [6.07, 6.45) is 0. The summed E-state index contributed by atoms with van der Waals surface area (Å²) in [5, 5.41) is 3.12. The van der Waals surface area contributed by atoms with E-state index in [2.05, 4.69) is 35.1 Å². The van der Waals surface area contributed by atoms with Crippen LogP contribution in [0.3, 0.4) is 0 Å². The average Bonchev–Trinajstić information content (AvgIpc) is 2.98. The van der Waals surface area contributed by atoms with Crippen molar-refractivity contribution in [2.75, 3.05) is 13.2 Å². The minimum atomic E-state index is -0.0841. The molecule has 4 nitrogen and oxygen atoms in total. The number of hydrogen-bond acceptors (Lipinski definition) is 4. The summed E-state index contributed by atoms with van der Waals surface area (Å²) in [5.74, 6) is 1.70. The maximum Gasteiger partial charge on any atom is 0.261 e. The first-order valence-corrected chi connectivity index (χ1v) is 9.11. The van der Waals surface area contributed by atoms with Crippen molar-refractivity contribution in [2.45, 2.75) is 19.9 Å². The summed E-state index contributed by atoms with van der Waals surface area (Å²) in [6.45, 7) is 5.31. The Morgan fingerprint density at radius 2 is 1.91 bits per heavy atom. The average molecular weight is 396 g/mol. The maximum atomic E-state index is 12.5. The second kappa shape index (κ2) is 6.93. The van der Waals surface area contributed by atoms with E-state index in [4.69, 9.17) is 9.47 Å². The number of benzene rings is 1. The van der Waals surface area contributed by atoms with Crippen LogP contribution in [0.2, 0.25) is 0 Å². The molecule has 1 aromatic heterocycles. The number of carbonyl (C=O) groups is 1. The lowest BCUT2D eigenvalue weighted by Gasteiger charge is -2.25. The van der Waals surface area contributed by atoms with Crippen LogP contribution in [0.15, 0.2) is 34.1 Å². The van der Waals surface area contributed by atoms with E-state index in [1.807, 2.05) is 30.3 Å². The maximum absolute atomic E-state index is 12.5. The standard InChI is InChI=1S/C17H18BrNO3S/c1-10(2)16(19-17(20)14-5-6-15(18)23-14)11-3-4-12-13(9-11)22-8-7-21-12/h3-6,9-10,16H,7-8H2,1-2H3,(H,19,20)/t16-/m0/s1. The van der Waals surface area contributed by atoms with Gasteiger partial charge in [-0.25, -0.2) is 0 Å². The highest BCUT2D eigenvalue weighted by Gasteiger charge is 2.22. The number of nitrogens with one attached hydrogen (secondary N) is 1. The van der Waals surface area contributed by atoms with E-state index >= 15 is 0 Å². The summed E-state index contributed by atoms with van der Waals surface area (Å²) in [7, 11) is 0. The number of ether oxygens (including phenoxy) is 2. The van der Waals surface area contributed by atoms with Crippen molar-refractivity contribution < 1.29 is 14.3 Å². The van der Waals surface area contributed by atoms with E-state index < -0.39 is 0 Å². The zero-order chi connectivity index (χ0) is 16.4. The van der Waals surface area contributed by atoms with Gasteiger partial charge in [-0.2, -0.15) is 0 Å². The van der Waals surface area contributed by atoms with Gasteiger partial charge in [-0.1, -0.05) is 19.9 Å². The largest absolute Gasteiger partial charge is 0.486 e. The monoisotopic (exact) mass is 395 g/mol. The molecule has 23 heavy (non-hydrogen) atoms. The Hall–Kier alpha value is -1.53. The Labute approximate surface area is 147 Å². The van der Waals surface area contributed by atoms with E-state index in [0.29, 0.717) is 18.1 Å². The predicted molar refractivity (Wildman–Crippen MR) is 94.5 cm³/mol. The number of carbonyl (C=O) groups excluding carboxylic acids is 1. The number of halogens is 1. The van der Waals surface area contributed by atoms with Gasteiger partial charge in [0.05, 0.1) is 14.7 Å². The molecule has 1 N–H and O–H groups in total. The fraction of sp³-hybridized carbons (Fsp3) is 0.353. The van der Waals surface area contributed by atoms with Gasteiger partial charge in [0.25, 0.3) is 5.91 Å². The van der Waals surface area contributed by atoms with Crippen LogP contribution in [-0.2, 0) is 0 Å². The molecule has 0 unspecified atom stereocenters. The van der Waals surface area contributed by atoms with E-state index in [1.54, 1.807) is 0 Å². The highest BCUT2D eigenvalue weighted by Crippen LogP contribution is 2.34. The van der Waals surface area contributed by atoms with Crippen molar-refractivity contribution in [3.8, 4) is 11.5 Å². The molecule has 0 saturated carbocycles. The van der Waals surface area contributed by atoms with Crippen molar-refractivity contribution in [1.82, 2.24) is 5.32 Å². The SMILES string of the molecule is CC(C)[C@H](NC(=O)c1ccc(Br)s1)c1ccc2c(c1)OCCO2. The quantitative estimate of drug-likeness (QED) is 0.833. The third kappa shape index (κ3) is 3.70. The molecule has 2 aromatic rings. The molecular formula is C17H18BrNO3S. The molecule has 1 aromatic carbocycles. The van der Waals surface area contributed by atoms with Gasteiger partial charge in [0.2, 0.25) is 0 Å². The van der Waals surface area contributed by atoms with E-state index in [1.165, 1.54) is 11.3 Å². The van der Waals surface area contributed by atoms with Crippen LogP contribution < -0.4 is 14.8 Å². The topological polar surface area (TPSA) is 47.6 Å². The molecule has 0 bridgehead atoms. The van der Waals surface area contributed by atoms with Crippen molar-refractivity contribution in [3.63, 3.8) is 0 Å². The number of hydrogen-bond donors (Lipinski definition) is 1. The summed E-state index contributed by atoms with van der Waals surface area (Å²) >= 11 is 4.82. The second-order valence-corrected chi connectivity index (χ2v) is 8.17. The zero-order valence-electron chi connectivity index (χ0n) is 13.0. The van der Waals surface area contributed by atoms with Gasteiger partial charge in [0, 0.05) is 0 Å². The molecule has 2 heterocycles. The van der Waals surface area contributed by atoms with Crippen LogP contribution >= 0.6 is 27.3 Å². The smallest absolute Gasteiger partial charge is 0.261 e. The molecule has 0 radical (unpaired) electrons. The molecule has 3 rings (SSSR count). The van der Waals surface area contributed by atoms with Gasteiger partial charge in [-0.05, 0) is 51.7 Å². The minimum absolute atomic E-state index is 0.0608. The van der Waals surface area contributed by atoms with Crippen LogP contribution in [0.1, 0.15) is 35.1 Å². The highest BCUT2D eigenvalue weighted by atomic mass is 79.9. The Balaban J connectivity index is 1.82. The van der Waals surface area contributed by atoms with Crippen molar-refractivity contribution in [1.29, 1.82) is 0 Å². The van der Waals surface area contributed by atoms with Crippen LogP contribution in [0.4, 0.5) is 0 Å². The van der Waals surface area contributed by atoms with Crippen molar-refractivity contribution >= 4 is 33.2 Å². The zero-order valence-corrected chi connectivity index (χ0v) is 15.4. The molecule has 0 spiro atoms. The lowest BCUT2D eigenvalue weighted by molar-refractivity contribution is 0.0929. The first-order valence-electron chi connectivity index (χ1n) is 7.50. The first-order chi connectivity index (χ1) is 11.0. The first kappa shape index (κ1) is 16.3. The number of amides is 1.